The van der Waals surface area contributed by atoms with Gasteiger partial charge in [-0.25, -0.2) is 4.79 Å². The number of hydrogen-bond donors (Lipinski definition) is 2. The van der Waals surface area contributed by atoms with Crippen LogP contribution >= 0.6 is 0 Å². The third kappa shape index (κ3) is 4.81. The van der Waals surface area contributed by atoms with Crippen LogP contribution in [0.1, 0.15) is 6.42 Å². The van der Waals surface area contributed by atoms with Gasteiger partial charge in [-0.05, 0) is 0 Å². The molecule has 0 radical (unpaired) electrons. The molecule has 5 heteroatoms. The summed E-state index contributed by atoms with van der Waals surface area (Å²) in [4.78, 5) is 20.5. The first-order valence-electron chi connectivity index (χ1n) is 3.56. The molecule has 0 fully saturated rings. The lowest BCUT2D eigenvalue weighted by Crippen LogP contribution is -2.44. The summed E-state index contributed by atoms with van der Waals surface area (Å²) >= 11 is 0. The van der Waals surface area contributed by atoms with Gasteiger partial charge >= 0.3 is 12.4 Å². The van der Waals surface area contributed by atoms with Crippen molar-refractivity contribution >= 4 is 12.4 Å². The fourth-order valence-electron chi connectivity index (χ4n) is 0.852. The summed E-state index contributed by atoms with van der Waals surface area (Å²) in [5.74, 6) is -1.06. The van der Waals surface area contributed by atoms with E-state index in [0.29, 0.717) is 6.41 Å². The summed E-state index contributed by atoms with van der Waals surface area (Å²) in [5, 5.41) is 17.4. The number of nitrogens with zero attached hydrogens (tertiary/aromatic N) is 1. The molecule has 1 atom stereocenters. The first-order valence-corrected chi connectivity index (χ1v) is 3.56. The minimum Gasteiger partial charge on any atom is -0.481 e. The van der Waals surface area contributed by atoms with Gasteiger partial charge in [0.1, 0.15) is 12.6 Å². The van der Waals surface area contributed by atoms with E-state index in [-0.39, 0.29) is 17.4 Å². The van der Waals surface area contributed by atoms with E-state index in [1.165, 1.54) is 0 Å². The number of carbonyl (C=O) groups excluding carboxylic acids is 1. The lowest BCUT2D eigenvalue weighted by atomic mass is 10.2. The Balaban J connectivity index is 3.91. The van der Waals surface area contributed by atoms with Crippen molar-refractivity contribution in [3.8, 4) is 0 Å². The summed E-state index contributed by atoms with van der Waals surface area (Å²) in [6.07, 6.45) is -0.636. The molecule has 0 saturated heterocycles. The van der Waals surface area contributed by atoms with Crippen molar-refractivity contribution in [1.29, 1.82) is 0 Å². The van der Waals surface area contributed by atoms with E-state index in [4.69, 9.17) is 10.2 Å². The van der Waals surface area contributed by atoms with Gasteiger partial charge < -0.3 is 10.2 Å². The summed E-state index contributed by atoms with van der Waals surface area (Å²) in [6.45, 7) is 0.121. The molecule has 0 aromatic carbocycles. The molecule has 0 aromatic heterocycles. The van der Waals surface area contributed by atoms with Gasteiger partial charge in [0.2, 0.25) is 0 Å². The molecule has 0 heterocycles. The van der Waals surface area contributed by atoms with Crippen LogP contribution in [0.15, 0.2) is 0 Å². The van der Waals surface area contributed by atoms with Gasteiger partial charge in [0.25, 0.3) is 0 Å². The summed E-state index contributed by atoms with van der Waals surface area (Å²) in [7, 11) is 3.19. The van der Waals surface area contributed by atoms with Gasteiger partial charge in [-0.3, -0.25) is 9.28 Å². The lowest BCUT2D eigenvalue weighted by Gasteiger charge is -2.23. The topological polar surface area (TPSA) is 74.6 Å². The van der Waals surface area contributed by atoms with Crippen molar-refractivity contribution in [3.05, 3.63) is 0 Å². The van der Waals surface area contributed by atoms with Crippen LogP contribution in [0.2, 0.25) is 0 Å². The highest BCUT2D eigenvalue weighted by molar-refractivity contribution is 5.67. The fraction of sp³-hybridized carbons (Fsp3) is 0.714. The van der Waals surface area contributed by atoms with Crippen LogP contribution < -0.4 is 0 Å². The Kier molecular flexibility index (Phi) is 3.85. The Morgan fingerprint density at radius 3 is 2.42 bits per heavy atom. The maximum absolute atomic E-state index is 10.4. The Morgan fingerprint density at radius 2 is 2.08 bits per heavy atom. The first kappa shape index (κ1) is 11.1. The molecule has 0 aliphatic rings. The Labute approximate surface area is 70.8 Å². The van der Waals surface area contributed by atoms with E-state index in [2.05, 4.69) is 0 Å². The second kappa shape index (κ2) is 4.18. The van der Waals surface area contributed by atoms with Crippen molar-refractivity contribution in [2.75, 3.05) is 20.6 Å². The number of carboxylic acid groups (broad SMARTS) is 1. The Morgan fingerprint density at radius 1 is 1.58 bits per heavy atom. The third-order valence-electron chi connectivity index (χ3n) is 1.38. The quantitative estimate of drug-likeness (QED) is 0.418. The summed E-state index contributed by atoms with van der Waals surface area (Å²) < 4.78 is -0.0333. The highest BCUT2D eigenvalue weighted by Gasteiger charge is 2.21. The van der Waals surface area contributed by atoms with Crippen molar-refractivity contribution in [2.45, 2.75) is 12.5 Å². The standard InChI is InChI=1S/C7H13NO4/c1-8(2,5-9)4-6(10)3-7(11)12/h5-6,10H,3-4H2,1-2H3/p+1. The number of likely N-dealkylation sites (N-methyl/N-ethyl adjacent to an activating group) is 1. The van der Waals surface area contributed by atoms with E-state index in [1.807, 2.05) is 0 Å². The number of amides is 1. The van der Waals surface area contributed by atoms with Crippen LogP contribution in [0.4, 0.5) is 0 Å². The molecule has 2 N–H and O–H groups in total. The van der Waals surface area contributed by atoms with Gasteiger partial charge in [0.15, 0.2) is 0 Å². The SMILES string of the molecule is C[N+](C)(C=O)CC(O)CC(=O)O. The molecule has 0 aliphatic carbocycles. The molecule has 12 heavy (non-hydrogen) atoms. The van der Waals surface area contributed by atoms with Gasteiger partial charge in [-0.15, -0.1) is 0 Å². The van der Waals surface area contributed by atoms with E-state index >= 15 is 0 Å². The molecule has 1 amide bonds. The van der Waals surface area contributed by atoms with Gasteiger partial charge in [-0.1, -0.05) is 0 Å². The zero-order valence-corrected chi connectivity index (χ0v) is 7.23. The van der Waals surface area contributed by atoms with Crippen molar-refractivity contribution in [2.24, 2.45) is 0 Å². The maximum Gasteiger partial charge on any atom is 0.306 e. The molecular weight excluding hydrogens is 162 g/mol. The third-order valence-corrected chi connectivity index (χ3v) is 1.38. The van der Waals surface area contributed by atoms with Crippen molar-refractivity contribution in [1.82, 2.24) is 0 Å². The molecule has 0 bridgehead atoms. The molecule has 0 aromatic rings. The fourth-order valence-corrected chi connectivity index (χ4v) is 0.852. The summed E-state index contributed by atoms with van der Waals surface area (Å²) in [6, 6.07) is 0. The lowest BCUT2D eigenvalue weighted by molar-refractivity contribution is -0.808. The number of aliphatic hydroxyl groups is 1. The molecule has 0 spiro atoms. The molecule has 5 nitrogen and oxygen atoms in total. The highest BCUT2D eigenvalue weighted by atomic mass is 16.4. The Bertz CT molecular complexity index is 178. The number of rotatable bonds is 5. The molecule has 0 aliphatic heterocycles. The van der Waals surface area contributed by atoms with E-state index < -0.39 is 12.1 Å². The van der Waals surface area contributed by atoms with Crippen LogP contribution in [0.5, 0.6) is 0 Å². The Hall–Kier alpha value is -0.940. The zero-order chi connectivity index (χ0) is 9.78. The summed E-state index contributed by atoms with van der Waals surface area (Å²) in [5.41, 5.74) is 0. The molecule has 0 rings (SSSR count). The zero-order valence-electron chi connectivity index (χ0n) is 7.23. The second-order valence-electron chi connectivity index (χ2n) is 3.32. The number of carbonyl (C=O) groups is 2. The highest BCUT2D eigenvalue weighted by Crippen LogP contribution is 1.99. The minimum absolute atomic E-state index is 0.0333. The number of carboxylic acids is 1. The van der Waals surface area contributed by atoms with E-state index in [1.54, 1.807) is 14.1 Å². The van der Waals surface area contributed by atoms with Gasteiger partial charge in [0.05, 0.1) is 20.5 Å². The molecule has 1 unspecified atom stereocenters. The molecule has 70 valence electrons. The monoisotopic (exact) mass is 176 g/mol. The average Bonchev–Trinajstić information content (AvgIpc) is 1.84. The number of quaternary nitrogens is 1. The smallest absolute Gasteiger partial charge is 0.306 e. The maximum atomic E-state index is 10.4. The van der Waals surface area contributed by atoms with E-state index in [9.17, 15) is 9.59 Å². The van der Waals surface area contributed by atoms with Crippen LogP contribution in [-0.4, -0.2) is 53.8 Å². The number of aliphatic carboxylic acids is 1. The molecule has 0 saturated carbocycles. The normalized spacial score (nSPS) is 13.9. The van der Waals surface area contributed by atoms with Gasteiger partial charge in [-0.2, -0.15) is 0 Å². The largest absolute Gasteiger partial charge is 0.481 e. The van der Waals surface area contributed by atoms with Crippen molar-refractivity contribution in [3.63, 3.8) is 0 Å². The minimum atomic E-state index is -1.06. The van der Waals surface area contributed by atoms with Crippen LogP contribution in [-0.2, 0) is 9.59 Å². The predicted octanol–water partition coefficient (Wildman–Crippen LogP) is -0.945. The number of hydrogen-bond acceptors (Lipinski definition) is 3. The van der Waals surface area contributed by atoms with Crippen molar-refractivity contribution < 1.29 is 24.3 Å². The van der Waals surface area contributed by atoms with E-state index in [0.717, 1.165) is 0 Å². The van der Waals surface area contributed by atoms with Crippen LogP contribution in [0.3, 0.4) is 0 Å². The van der Waals surface area contributed by atoms with Crippen LogP contribution in [0, 0.1) is 0 Å². The second-order valence-corrected chi connectivity index (χ2v) is 3.32. The van der Waals surface area contributed by atoms with Gasteiger partial charge in [0, 0.05) is 0 Å². The number of aliphatic hydroxyl groups excluding tert-OH is 1. The average molecular weight is 176 g/mol. The van der Waals surface area contributed by atoms with Crippen LogP contribution in [0.25, 0.3) is 0 Å². The first-order chi connectivity index (χ1) is 5.37. The predicted molar refractivity (Wildman–Crippen MR) is 41.3 cm³/mol. The molecular formula is C7H14NO4+.